The van der Waals surface area contributed by atoms with Gasteiger partial charge in [-0.05, 0) is 32.3 Å². The van der Waals surface area contributed by atoms with Crippen molar-refractivity contribution in [1.82, 2.24) is 10.2 Å². The third kappa shape index (κ3) is 6.62. The number of fused-ring (bicyclic) bond motifs is 1. The van der Waals surface area contributed by atoms with E-state index < -0.39 is 17.9 Å². The van der Waals surface area contributed by atoms with Crippen LogP contribution in [0.5, 0.6) is 0 Å². The van der Waals surface area contributed by atoms with Crippen LogP contribution in [0, 0.1) is 5.92 Å². The van der Waals surface area contributed by atoms with Gasteiger partial charge in [0.1, 0.15) is 0 Å². The maximum absolute atomic E-state index is 12.6. The van der Waals surface area contributed by atoms with Crippen molar-refractivity contribution in [3.05, 3.63) is 23.8 Å². The number of aliphatic imine (C=N–C) groups is 1. The fourth-order valence-corrected chi connectivity index (χ4v) is 3.16. The van der Waals surface area contributed by atoms with E-state index in [2.05, 4.69) is 15.0 Å². The number of urea groups is 1. The van der Waals surface area contributed by atoms with Crippen molar-refractivity contribution >= 4 is 29.5 Å². The largest absolute Gasteiger partial charge is 0.465 e. The molecule has 1 heterocycles. The van der Waals surface area contributed by atoms with Gasteiger partial charge in [0, 0.05) is 32.7 Å². The number of ether oxygens (including phenoxy) is 2. The molecule has 0 spiro atoms. The van der Waals surface area contributed by atoms with Crippen molar-refractivity contribution < 1.29 is 28.7 Å². The number of unbranched alkanes of at least 4 members (excludes halogenated alkanes) is 2. The summed E-state index contributed by atoms with van der Waals surface area (Å²) in [5.74, 6) is -1.58. The van der Waals surface area contributed by atoms with Crippen LogP contribution in [0.25, 0.3) is 0 Å². The number of esters is 1. The number of hydrogen-bond donors (Lipinski definition) is 1. The van der Waals surface area contributed by atoms with Gasteiger partial charge in [0.25, 0.3) is 0 Å². The molecule has 0 saturated heterocycles. The summed E-state index contributed by atoms with van der Waals surface area (Å²) in [6.07, 6.45) is 7.66. The summed E-state index contributed by atoms with van der Waals surface area (Å²) in [6, 6.07) is -0.631. The Balaban J connectivity index is 1.73. The summed E-state index contributed by atoms with van der Waals surface area (Å²) in [4.78, 5) is 53.3. The molecule has 1 aliphatic heterocycles. The molecule has 0 fully saturated rings. The number of carbonyl (C=O) groups is 4. The zero-order valence-corrected chi connectivity index (χ0v) is 17.5. The van der Waals surface area contributed by atoms with Gasteiger partial charge in [0.2, 0.25) is 11.8 Å². The standard InChI is InChI=1S/C21H29N3O6/c1-3-30-13-7-11-22-18(25)8-5-4-6-12-24-19(26)16-10-9-15(20(27)29-2)14-17(16)23-21(24)28/h9-10,14,16H,3-8,11-13H2,1-2H3,(H,22,25). The fraction of sp³-hybridized carbons (Fsp3) is 0.571. The van der Waals surface area contributed by atoms with E-state index in [0.717, 1.165) is 11.3 Å². The lowest BCUT2D eigenvalue weighted by molar-refractivity contribution is -0.136. The molecular weight excluding hydrogens is 390 g/mol. The average Bonchev–Trinajstić information content (AvgIpc) is 2.74. The number of nitrogens with one attached hydrogen (secondary N) is 1. The van der Waals surface area contributed by atoms with Crippen molar-refractivity contribution in [3.63, 3.8) is 0 Å². The maximum atomic E-state index is 12.6. The van der Waals surface area contributed by atoms with E-state index in [9.17, 15) is 19.2 Å². The Kier molecular flexibility index (Phi) is 9.40. The predicted molar refractivity (Wildman–Crippen MR) is 110 cm³/mol. The van der Waals surface area contributed by atoms with Crippen LogP contribution >= 0.6 is 0 Å². The topological polar surface area (TPSA) is 114 Å². The quantitative estimate of drug-likeness (QED) is 0.381. The number of allylic oxidation sites excluding steroid dienone is 1. The molecule has 0 aromatic rings. The summed E-state index contributed by atoms with van der Waals surface area (Å²) in [7, 11) is 1.26. The van der Waals surface area contributed by atoms with Crippen molar-refractivity contribution in [2.45, 2.75) is 39.0 Å². The Hall–Kier alpha value is -2.81. The Morgan fingerprint density at radius 2 is 2.00 bits per heavy atom. The summed E-state index contributed by atoms with van der Waals surface area (Å²) in [5, 5.41) is 2.84. The minimum absolute atomic E-state index is 0.00796. The molecule has 30 heavy (non-hydrogen) atoms. The normalized spacial score (nSPS) is 17.9. The van der Waals surface area contributed by atoms with Crippen LogP contribution in [-0.2, 0) is 23.9 Å². The molecule has 0 radical (unpaired) electrons. The number of carbonyl (C=O) groups excluding carboxylic acids is 4. The second-order valence-electron chi connectivity index (χ2n) is 6.95. The van der Waals surface area contributed by atoms with Gasteiger partial charge in [-0.15, -0.1) is 0 Å². The molecule has 1 atom stereocenters. The molecular formula is C21H29N3O6. The SMILES string of the molecule is CCOCCCNC(=O)CCCCCN1C(=O)N=C2C=C(C(=O)OC)C=CC2C1=O. The highest BCUT2D eigenvalue weighted by atomic mass is 16.5. The van der Waals surface area contributed by atoms with Gasteiger partial charge in [-0.25, -0.2) is 9.59 Å². The number of rotatable bonds is 12. The zero-order valence-electron chi connectivity index (χ0n) is 17.5. The van der Waals surface area contributed by atoms with Crippen LogP contribution in [-0.4, -0.2) is 67.8 Å². The molecule has 1 unspecified atom stereocenters. The molecule has 2 aliphatic rings. The molecule has 0 saturated carbocycles. The molecule has 0 aromatic heterocycles. The summed E-state index contributed by atoms with van der Waals surface area (Å²) < 4.78 is 9.86. The van der Waals surface area contributed by atoms with E-state index >= 15 is 0 Å². The molecule has 1 N–H and O–H groups in total. The summed E-state index contributed by atoms with van der Waals surface area (Å²) in [5.41, 5.74) is 0.503. The van der Waals surface area contributed by atoms with Crippen LogP contribution in [0.15, 0.2) is 28.8 Å². The lowest BCUT2D eigenvalue weighted by Gasteiger charge is -2.28. The average molecular weight is 419 g/mol. The molecule has 0 bridgehead atoms. The van der Waals surface area contributed by atoms with E-state index in [1.807, 2.05) is 6.92 Å². The summed E-state index contributed by atoms with van der Waals surface area (Å²) >= 11 is 0. The van der Waals surface area contributed by atoms with Crippen molar-refractivity contribution in [1.29, 1.82) is 0 Å². The van der Waals surface area contributed by atoms with Crippen LogP contribution in [0.4, 0.5) is 4.79 Å². The van der Waals surface area contributed by atoms with E-state index in [-0.39, 0.29) is 29.6 Å². The lowest BCUT2D eigenvalue weighted by Crippen LogP contribution is -2.46. The van der Waals surface area contributed by atoms with E-state index in [0.29, 0.717) is 45.4 Å². The van der Waals surface area contributed by atoms with Crippen LogP contribution in [0.2, 0.25) is 0 Å². The van der Waals surface area contributed by atoms with Crippen molar-refractivity contribution in [2.75, 3.05) is 33.4 Å². The lowest BCUT2D eigenvalue weighted by atomic mass is 9.92. The molecule has 1 aliphatic carbocycles. The monoisotopic (exact) mass is 419 g/mol. The number of methoxy groups -OCH3 is 1. The van der Waals surface area contributed by atoms with Gasteiger partial charge in [0.05, 0.1) is 24.3 Å². The smallest absolute Gasteiger partial charge is 0.350 e. The minimum Gasteiger partial charge on any atom is -0.465 e. The van der Waals surface area contributed by atoms with Gasteiger partial charge in [-0.3, -0.25) is 14.5 Å². The third-order valence-electron chi connectivity index (χ3n) is 4.78. The highest BCUT2D eigenvalue weighted by molar-refractivity contribution is 6.23. The third-order valence-corrected chi connectivity index (χ3v) is 4.78. The van der Waals surface area contributed by atoms with Crippen LogP contribution in [0.1, 0.15) is 39.0 Å². The van der Waals surface area contributed by atoms with Crippen LogP contribution in [0.3, 0.4) is 0 Å². The number of nitrogens with zero attached hydrogens (tertiary/aromatic N) is 2. The Labute approximate surface area is 176 Å². The van der Waals surface area contributed by atoms with E-state index in [1.165, 1.54) is 19.3 Å². The molecule has 2 rings (SSSR count). The van der Waals surface area contributed by atoms with Gasteiger partial charge in [-0.1, -0.05) is 18.6 Å². The van der Waals surface area contributed by atoms with Crippen molar-refractivity contribution in [3.8, 4) is 0 Å². The predicted octanol–water partition coefficient (Wildman–Crippen LogP) is 1.78. The first-order valence-electron chi connectivity index (χ1n) is 10.2. The molecule has 9 nitrogen and oxygen atoms in total. The molecule has 4 amide bonds. The van der Waals surface area contributed by atoms with Gasteiger partial charge in [-0.2, -0.15) is 4.99 Å². The second-order valence-corrected chi connectivity index (χ2v) is 6.95. The Bertz CT molecular complexity index is 756. The van der Waals surface area contributed by atoms with Gasteiger partial charge in [0.15, 0.2) is 0 Å². The minimum atomic E-state index is -0.668. The number of hydrogen-bond acceptors (Lipinski definition) is 6. The molecule has 9 heteroatoms. The Morgan fingerprint density at radius 1 is 1.20 bits per heavy atom. The van der Waals surface area contributed by atoms with E-state index in [1.54, 1.807) is 6.08 Å². The van der Waals surface area contributed by atoms with E-state index in [4.69, 9.17) is 4.74 Å². The molecule has 0 aromatic carbocycles. The highest BCUT2D eigenvalue weighted by Crippen LogP contribution is 2.23. The first-order valence-corrected chi connectivity index (χ1v) is 10.2. The molecule has 164 valence electrons. The summed E-state index contributed by atoms with van der Waals surface area (Å²) in [6.45, 7) is 4.08. The fourth-order valence-electron chi connectivity index (χ4n) is 3.16. The number of amides is 4. The second kappa shape index (κ2) is 12.0. The maximum Gasteiger partial charge on any atom is 0.350 e. The first kappa shape index (κ1) is 23.5. The zero-order chi connectivity index (χ0) is 21.9. The highest BCUT2D eigenvalue weighted by Gasteiger charge is 2.36. The number of imide groups is 1. The van der Waals surface area contributed by atoms with Gasteiger partial charge < -0.3 is 14.8 Å². The van der Waals surface area contributed by atoms with Crippen molar-refractivity contribution in [2.24, 2.45) is 10.9 Å². The first-order chi connectivity index (χ1) is 14.5. The van der Waals surface area contributed by atoms with Crippen LogP contribution < -0.4 is 5.32 Å². The van der Waals surface area contributed by atoms with Gasteiger partial charge >= 0.3 is 12.0 Å². The Morgan fingerprint density at radius 3 is 2.73 bits per heavy atom.